The SMILES string of the molecule is C=CC1CCC(COc2ccc3c(c2F)Oc2c(cc(OCC)c(F)c2F)C3)CO1. The van der Waals surface area contributed by atoms with Gasteiger partial charge in [-0.15, -0.1) is 6.58 Å². The van der Waals surface area contributed by atoms with Crippen LogP contribution < -0.4 is 14.2 Å². The second-order valence-corrected chi connectivity index (χ2v) is 7.43. The van der Waals surface area contributed by atoms with Gasteiger partial charge in [-0.1, -0.05) is 12.1 Å². The number of halogens is 3. The van der Waals surface area contributed by atoms with Gasteiger partial charge < -0.3 is 18.9 Å². The lowest BCUT2D eigenvalue weighted by molar-refractivity contribution is -0.00328. The minimum atomic E-state index is -1.19. The summed E-state index contributed by atoms with van der Waals surface area (Å²) in [4.78, 5) is 0. The molecule has 0 bridgehead atoms. The molecule has 2 aromatic carbocycles. The zero-order chi connectivity index (χ0) is 21.3. The van der Waals surface area contributed by atoms with Crippen molar-refractivity contribution in [2.24, 2.45) is 5.92 Å². The summed E-state index contributed by atoms with van der Waals surface area (Å²) < 4.78 is 65.6. The van der Waals surface area contributed by atoms with Crippen LogP contribution in [0.3, 0.4) is 0 Å². The van der Waals surface area contributed by atoms with Crippen LogP contribution in [0, 0.1) is 23.4 Å². The van der Waals surface area contributed by atoms with E-state index in [4.69, 9.17) is 18.9 Å². The van der Waals surface area contributed by atoms with E-state index in [2.05, 4.69) is 6.58 Å². The van der Waals surface area contributed by atoms with Crippen molar-refractivity contribution < 1.29 is 32.1 Å². The van der Waals surface area contributed by atoms with Gasteiger partial charge in [-0.05, 0) is 31.9 Å². The van der Waals surface area contributed by atoms with Gasteiger partial charge in [0.1, 0.15) is 0 Å². The van der Waals surface area contributed by atoms with Gasteiger partial charge in [0.2, 0.25) is 17.5 Å². The first kappa shape index (κ1) is 20.6. The van der Waals surface area contributed by atoms with Crippen LogP contribution >= 0.6 is 0 Å². The molecule has 4 nitrogen and oxygen atoms in total. The van der Waals surface area contributed by atoms with Crippen molar-refractivity contribution in [3.63, 3.8) is 0 Å². The summed E-state index contributed by atoms with van der Waals surface area (Å²) in [6.45, 7) is 6.40. The fourth-order valence-electron chi connectivity index (χ4n) is 3.74. The number of benzene rings is 2. The molecule has 0 radical (unpaired) electrons. The van der Waals surface area contributed by atoms with Gasteiger partial charge in [0.15, 0.2) is 23.0 Å². The van der Waals surface area contributed by atoms with Gasteiger partial charge in [0.25, 0.3) is 0 Å². The molecule has 2 heterocycles. The number of rotatable bonds is 6. The third kappa shape index (κ3) is 3.86. The Morgan fingerprint density at radius 2 is 1.83 bits per heavy atom. The predicted octanol–water partition coefficient (Wildman–Crippen LogP) is 5.56. The van der Waals surface area contributed by atoms with Crippen LogP contribution in [-0.2, 0) is 11.2 Å². The summed E-state index contributed by atoms with van der Waals surface area (Å²) in [7, 11) is 0. The zero-order valence-electron chi connectivity index (χ0n) is 16.7. The maximum atomic E-state index is 15.0. The molecule has 2 aliphatic heterocycles. The van der Waals surface area contributed by atoms with Crippen molar-refractivity contribution in [1.29, 1.82) is 0 Å². The minimum Gasteiger partial charge on any atom is -0.491 e. The Labute approximate surface area is 173 Å². The monoisotopic (exact) mass is 420 g/mol. The maximum Gasteiger partial charge on any atom is 0.207 e. The fourth-order valence-corrected chi connectivity index (χ4v) is 3.74. The standard InChI is InChI=1S/C23H23F3O4/c1-3-16-7-5-13(11-28-16)12-29-17-8-6-14-9-15-10-18(27-4-2)19(24)21(26)23(15)30-22(14)20(17)25/h3,6,8,10,13,16H,1,4-5,7,9,11-12H2,2H3. The topological polar surface area (TPSA) is 36.9 Å². The van der Waals surface area contributed by atoms with Crippen LogP contribution in [0.1, 0.15) is 30.9 Å². The molecule has 2 unspecified atom stereocenters. The van der Waals surface area contributed by atoms with Crippen LogP contribution in [0.25, 0.3) is 0 Å². The van der Waals surface area contributed by atoms with E-state index in [1.807, 2.05) is 0 Å². The molecule has 30 heavy (non-hydrogen) atoms. The van der Waals surface area contributed by atoms with Crippen LogP contribution in [-0.4, -0.2) is 25.9 Å². The Kier molecular flexibility index (Phi) is 5.90. The Balaban J connectivity index is 1.52. The predicted molar refractivity (Wildman–Crippen MR) is 105 cm³/mol. The Morgan fingerprint density at radius 3 is 2.53 bits per heavy atom. The Bertz CT molecular complexity index is 952. The molecule has 0 amide bonds. The average molecular weight is 420 g/mol. The van der Waals surface area contributed by atoms with Crippen molar-refractivity contribution in [2.75, 3.05) is 19.8 Å². The molecular weight excluding hydrogens is 397 g/mol. The van der Waals surface area contributed by atoms with Crippen LogP contribution in [0.15, 0.2) is 30.9 Å². The highest BCUT2D eigenvalue weighted by molar-refractivity contribution is 5.55. The van der Waals surface area contributed by atoms with E-state index >= 15 is 4.39 Å². The van der Waals surface area contributed by atoms with E-state index in [-0.39, 0.29) is 54.7 Å². The van der Waals surface area contributed by atoms with Crippen LogP contribution in [0.5, 0.6) is 23.0 Å². The van der Waals surface area contributed by atoms with E-state index in [0.717, 1.165) is 12.8 Å². The lowest BCUT2D eigenvalue weighted by Crippen LogP contribution is -2.28. The highest BCUT2D eigenvalue weighted by atomic mass is 19.2. The lowest BCUT2D eigenvalue weighted by Gasteiger charge is -2.27. The Hall–Kier alpha value is -2.67. The van der Waals surface area contributed by atoms with E-state index in [1.54, 1.807) is 19.1 Å². The van der Waals surface area contributed by atoms with Gasteiger partial charge in [-0.3, -0.25) is 0 Å². The summed E-state index contributed by atoms with van der Waals surface area (Å²) >= 11 is 0. The average Bonchev–Trinajstić information content (AvgIpc) is 2.76. The molecule has 0 aromatic heterocycles. The number of fused-ring (bicyclic) bond motifs is 2. The number of ether oxygens (including phenoxy) is 4. The number of hydrogen-bond acceptors (Lipinski definition) is 4. The Morgan fingerprint density at radius 1 is 1.03 bits per heavy atom. The lowest BCUT2D eigenvalue weighted by atomic mass is 9.98. The van der Waals surface area contributed by atoms with Crippen molar-refractivity contribution in [3.05, 3.63) is 59.4 Å². The first-order valence-corrected chi connectivity index (χ1v) is 10.0. The smallest absolute Gasteiger partial charge is 0.207 e. The second kappa shape index (κ2) is 8.60. The summed E-state index contributed by atoms with van der Waals surface area (Å²) in [5, 5.41) is 0. The van der Waals surface area contributed by atoms with Crippen LogP contribution in [0.2, 0.25) is 0 Å². The van der Waals surface area contributed by atoms with Gasteiger partial charge >= 0.3 is 0 Å². The molecule has 160 valence electrons. The summed E-state index contributed by atoms with van der Waals surface area (Å²) in [6.07, 6.45) is 3.75. The molecule has 7 heteroatoms. The van der Waals surface area contributed by atoms with Crippen molar-refractivity contribution >= 4 is 0 Å². The first-order chi connectivity index (χ1) is 14.5. The molecule has 0 saturated carbocycles. The van der Waals surface area contributed by atoms with E-state index in [1.165, 1.54) is 12.1 Å². The second-order valence-electron chi connectivity index (χ2n) is 7.43. The molecule has 4 rings (SSSR count). The summed E-state index contributed by atoms with van der Waals surface area (Å²) in [5.41, 5.74) is 0.921. The van der Waals surface area contributed by atoms with E-state index in [9.17, 15) is 8.78 Å². The summed E-state index contributed by atoms with van der Waals surface area (Å²) in [5.74, 6) is -3.58. The molecule has 1 fully saturated rings. The maximum absolute atomic E-state index is 15.0. The molecule has 2 atom stereocenters. The molecule has 1 saturated heterocycles. The third-order valence-corrected chi connectivity index (χ3v) is 5.38. The molecule has 0 aliphatic carbocycles. The highest BCUT2D eigenvalue weighted by Gasteiger charge is 2.29. The summed E-state index contributed by atoms with van der Waals surface area (Å²) in [6, 6.07) is 4.59. The molecule has 2 aromatic rings. The van der Waals surface area contributed by atoms with Crippen molar-refractivity contribution in [1.82, 2.24) is 0 Å². The van der Waals surface area contributed by atoms with E-state index in [0.29, 0.717) is 17.7 Å². The molecule has 0 spiro atoms. The van der Waals surface area contributed by atoms with Gasteiger partial charge in [-0.25, -0.2) is 0 Å². The molecule has 2 aliphatic rings. The molecular formula is C23H23F3O4. The molecule has 0 N–H and O–H groups in total. The van der Waals surface area contributed by atoms with Crippen molar-refractivity contribution in [3.8, 4) is 23.0 Å². The van der Waals surface area contributed by atoms with Crippen molar-refractivity contribution in [2.45, 2.75) is 32.3 Å². The van der Waals surface area contributed by atoms with Gasteiger partial charge in [0, 0.05) is 23.5 Å². The number of hydrogen-bond donors (Lipinski definition) is 0. The minimum absolute atomic E-state index is 0.00913. The highest BCUT2D eigenvalue weighted by Crippen LogP contribution is 2.44. The van der Waals surface area contributed by atoms with Crippen LogP contribution in [0.4, 0.5) is 13.2 Å². The van der Waals surface area contributed by atoms with Gasteiger partial charge in [-0.2, -0.15) is 13.2 Å². The fraction of sp³-hybridized carbons (Fsp3) is 0.391. The largest absolute Gasteiger partial charge is 0.491 e. The quantitative estimate of drug-likeness (QED) is 0.490. The normalized spacial score (nSPS) is 20.0. The third-order valence-electron chi connectivity index (χ3n) is 5.38. The first-order valence-electron chi connectivity index (χ1n) is 10.0. The zero-order valence-corrected chi connectivity index (χ0v) is 16.7. The van der Waals surface area contributed by atoms with E-state index < -0.39 is 17.5 Å². The van der Waals surface area contributed by atoms with Gasteiger partial charge in [0.05, 0.1) is 25.9 Å².